The number of aliphatic hydroxyl groups is 1. The topological polar surface area (TPSA) is 49.5 Å². The van der Waals surface area contributed by atoms with Gasteiger partial charge in [0.1, 0.15) is 0 Å². The van der Waals surface area contributed by atoms with E-state index in [0.717, 1.165) is 25.9 Å². The van der Waals surface area contributed by atoms with Crippen molar-refractivity contribution in [3.05, 3.63) is 0 Å². The Morgan fingerprint density at radius 2 is 1.92 bits per heavy atom. The van der Waals surface area contributed by atoms with Gasteiger partial charge in [-0.15, -0.1) is 0 Å². The van der Waals surface area contributed by atoms with E-state index in [1.165, 1.54) is 12.8 Å². The average Bonchev–Trinajstić information content (AvgIpc) is 2.40. The Morgan fingerprint density at radius 3 is 2.38 bits per heavy atom. The van der Waals surface area contributed by atoms with Crippen LogP contribution in [0.15, 0.2) is 0 Å². The zero-order valence-electron chi connectivity index (χ0n) is 8.37. The molecule has 1 aliphatic heterocycles. The predicted molar refractivity (Wildman–Crippen MR) is 52.4 cm³/mol. The number of piperidine rings is 1. The lowest BCUT2D eigenvalue weighted by molar-refractivity contribution is 0.0771. The van der Waals surface area contributed by atoms with E-state index >= 15 is 0 Å². The molecule has 1 heterocycles. The van der Waals surface area contributed by atoms with E-state index in [9.17, 15) is 5.11 Å². The second kappa shape index (κ2) is 3.23. The maximum atomic E-state index is 9.64. The standard InChI is InChI=1S/C10H20N2O/c1-12-6-4-10(5-7-12)3-2-8(13)9(10)11/h8-9,13H,2-7,11H2,1H3. The van der Waals surface area contributed by atoms with E-state index in [1.54, 1.807) is 0 Å². The molecule has 0 aromatic heterocycles. The minimum atomic E-state index is -0.247. The van der Waals surface area contributed by atoms with Gasteiger partial charge in [-0.1, -0.05) is 0 Å². The number of rotatable bonds is 0. The molecular weight excluding hydrogens is 164 g/mol. The van der Waals surface area contributed by atoms with Crippen LogP contribution in [0.2, 0.25) is 0 Å². The van der Waals surface area contributed by atoms with E-state index in [1.807, 2.05) is 0 Å². The number of aliphatic hydroxyl groups excluding tert-OH is 1. The van der Waals surface area contributed by atoms with Crippen LogP contribution in [0.4, 0.5) is 0 Å². The summed E-state index contributed by atoms with van der Waals surface area (Å²) in [6.07, 6.45) is 4.13. The molecule has 13 heavy (non-hydrogen) atoms. The lowest BCUT2D eigenvalue weighted by Gasteiger charge is -2.41. The summed E-state index contributed by atoms with van der Waals surface area (Å²) >= 11 is 0. The molecule has 0 radical (unpaired) electrons. The van der Waals surface area contributed by atoms with Gasteiger partial charge < -0.3 is 15.7 Å². The van der Waals surface area contributed by atoms with Gasteiger partial charge in [-0.25, -0.2) is 0 Å². The summed E-state index contributed by atoms with van der Waals surface area (Å²) in [5.74, 6) is 0. The van der Waals surface area contributed by atoms with Crippen LogP contribution in [-0.2, 0) is 0 Å². The second-order valence-corrected chi connectivity index (χ2v) is 4.80. The molecular formula is C10H20N2O. The number of nitrogens with two attached hydrogens (primary N) is 1. The first-order valence-electron chi connectivity index (χ1n) is 5.26. The molecule has 3 N–H and O–H groups in total. The lowest BCUT2D eigenvalue weighted by atomic mass is 9.74. The number of likely N-dealkylation sites (tertiary alicyclic amines) is 1. The monoisotopic (exact) mass is 184 g/mol. The van der Waals surface area contributed by atoms with Crippen molar-refractivity contribution >= 4 is 0 Å². The predicted octanol–water partition coefficient (Wildman–Crippen LogP) is 0.180. The van der Waals surface area contributed by atoms with Crippen LogP contribution in [0, 0.1) is 5.41 Å². The molecule has 2 unspecified atom stereocenters. The zero-order chi connectivity index (χ0) is 9.47. The highest BCUT2D eigenvalue weighted by Crippen LogP contribution is 2.45. The summed E-state index contributed by atoms with van der Waals surface area (Å²) in [6, 6.07) is 0.0289. The second-order valence-electron chi connectivity index (χ2n) is 4.80. The van der Waals surface area contributed by atoms with Gasteiger partial charge in [-0.2, -0.15) is 0 Å². The average molecular weight is 184 g/mol. The molecule has 0 amide bonds. The minimum absolute atomic E-state index is 0.0289. The smallest absolute Gasteiger partial charge is 0.0696 e. The third-order valence-electron chi connectivity index (χ3n) is 4.04. The quantitative estimate of drug-likeness (QED) is 0.564. The number of nitrogens with zero attached hydrogens (tertiary/aromatic N) is 1. The Bertz CT molecular complexity index is 187. The first-order valence-corrected chi connectivity index (χ1v) is 5.26. The molecule has 76 valence electrons. The summed E-state index contributed by atoms with van der Waals surface area (Å²) in [5.41, 5.74) is 6.33. The van der Waals surface area contributed by atoms with Crippen LogP contribution < -0.4 is 5.73 Å². The van der Waals surface area contributed by atoms with Crippen molar-refractivity contribution in [2.75, 3.05) is 20.1 Å². The fraction of sp³-hybridized carbons (Fsp3) is 1.00. The third kappa shape index (κ3) is 1.49. The minimum Gasteiger partial charge on any atom is -0.391 e. The van der Waals surface area contributed by atoms with Crippen molar-refractivity contribution in [1.82, 2.24) is 4.90 Å². The van der Waals surface area contributed by atoms with Crippen molar-refractivity contribution in [2.24, 2.45) is 11.1 Å². The van der Waals surface area contributed by atoms with Gasteiger partial charge in [0.15, 0.2) is 0 Å². The van der Waals surface area contributed by atoms with Gasteiger partial charge in [0.2, 0.25) is 0 Å². The maximum Gasteiger partial charge on any atom is 0.0696 e. The summed E-state index contributed by atoms with van der Waals surface area (Å²) < 4.78 is 0. The normalized spacial score (nSPS) is 39.9. The van der Waals surface area contributed by atoms with Crippen LogP contribution in [-0.4, -0.2) is 42.3 Å². The van der Waals surface area contributed by atoms with Gasteiger partial charge in [-0.05, 0) is 51.2 Å². The first kappa shape index (κ1) is 9.44. The highest BCUT2D eigenvalue weighted by Gasteiger charge is 2.46. The molecule has 0 aromatic rings. The molecule has 2 fully saturated rings. The first-order chi connectivity index (χ1) is 6.14. The fourth-order valence-electron chi connectivity index (χ4n) is 2.84. The summed E-state index contributed by atoms with van der Waals surface area (Å²) in [6.45, 7) is 2.28. The number of hydrogen-bond donors (Lipinski definition) is 2. The van der Waals surface area contributed by atoms with Gasteiger partial charge in [0.05, 0.1) is 6.10 Å². The molecule has 0 aromatic carbocycles. The van der Waals surface area contributed by atoms with E-state index in [4.69, 9.17) is 5.73 Å². The van der Waals surface area contributed by atoms with E-state index in [-0.39, 0.29) is 17.6 Å². The molecule has 0 bridgehead atoms. The maximum absolute atomic E-state index is 9.64. The Kier molecular flexibility index (Phi) is 2.34. The molecule has 1 saturated carbocycles. The van der Waals surface area contributed by atoms with Crippen molar-refractivity contribution < 1.29 is 5.11 Å². The SMILES string of the molecule is CN1CCC2(CCC(O)C2N)CC1. The fourth-order valence-corrected chi connectivity index (χ4v) is 2.84. The van der Waals surface area contributed by atoms with Crippen molar-refractivity contribution in [1.29, 1.82) is 0 Å². The van der Waals surface area contributed by atoms with Gasteiger partial charge in [0.25, 0.3) is 0 Å². The lowest BCUT2D eigenvalue weighted by Crippen LogP contribution is -2.49. The van der Waals surface area contributed by atoms with Crippen LogP contribution in [0.1, 0.15) is 25.7 Å². The largest absolute Gasteiger partial charge is 0.391 e. The molecule has 3 heteroatoms. The van der Waals surface area contributed by atoms with Crippen LogP contribution in [0.3, 0.4) is 0 Å². The molecule has 1 spiro atoms. The Labute approximate surface area is 79.9 Å². The van der Waals surface area contributed by atoms with E-state index in [0.29, 0.717) is 0 Å². The van der Waals surface area contributed by atoms with Gasteiger partial charge in [0, 0.05) is 6.04 Å². The number of hydrogen-bond acceptors (Lipinski definition) is 3. The van der Waals surface area contributed by atoms with Gasteiger partial charge in [-0.3, -0.25) is 0 Å². The Morgan fingerprint density at radius 1 is 1.31 bits per heavy atom. The summed E-state index contributed by atoms with van der Waals surface area (Å²) in [7, 11) is 2.16. The Hall–Kier alpha value is -0.120. The molecule has 1 saturated heterocycles. The van der Waals surface area contributed by atoms with Crippen LogP contribution in [0.5, 0.6) is 0 Å². The van der Waals surface area contributed by atoms with Crippen molar-refractivity contribution in [3.63, 3.8) is 0 Å². The van der Waals surface area contributed by atoms with E-state index in [2.05, 4.69) is 11.9 Å². The molecule has 3 nitrogen and oxygen atoms in total. The highest BCUT2D eigenvalue weighted by molar-refractivity contribution is 5.01. The molecule has 2 atom stereocenters. The third-order valence-corrected chi connectivity index (χ3v) is 4.04. The zero-order valence-corrected chi connectivity index (χ0v) is 8.37. The summed E-state index contributed by atoms with van der Waals surface area (Å²) in [4.78, 5) is 2.35. The van der Waals surface area contributed by atoms with E-state index < -0.39 is 0 Å². The molecule has 2 aliphatic rings. The highest BCUT2D eigenvalue weighted by atomic mass is 16.3. The van der Waals surface area contributed by atoms with Crippen LogP contribution >= 0.6 is 0 Å². The Balaban J connectivity index is 2.05. The van der Waals surface area contributed by atoms with Crippen molar-refractivity contribution in [3.8, 4) is 0 Å². The summed E-state index contributed by atoms with van der Waals surface area (Å²) in [5, 5.41) is 9.64. The molecule has 2 rings (SSSR count). The van der Waals surface area contributed by atoms with Crippen LogP contribution in [0.25, 0.3) is 0 Å². The van der Waals surface area contributed by atoms with Crippen molar-refractivity contribution in [2.45, 2.75) is 37.8 Å². The molecule has 1 aliphatic carbocycles. The van der Waals surface area contributed by atoms with Gasteiger partial charge >= 0.3 is 0 Å².